The first-order valence-electron chi connectivity index (χ1n) is 5.85. The lowest BCUT2D eigenvalue weighted by molar-refractivity contribution is 0.655. The lowest BCUT2D eigenvalue weighted by atomic mass is 10.3. The third kappa shape index (κ3) is 3.06. The Morgan fingerprint density at radius 1 is 1.20 bits per heavy atom. The van der Waals surface area contributed by atoms with Crippen LogP contribution in [-0.4, -0.2) is 9.13 Å². The predicted molar refractivity (Wildman–Crippen MR) is 88.4 cm³/mol. The molecule has 0 unspecified atom stereocenters. The van der Waals surface area contributed by atoms with Crippen LogP contribution in [0.15, 0.2) is 33.9 Å². The number of aromatic nitrogens is 2. The van der Waals surface area contributed by atoms with Crippen molar-refractivity contribution in [2.45, 2.75) is 6.54 Å². The fraction of sp³-hybridized carbons (Fsp3) is 0.231. The second-order valence-corrected chi connectivity index (χ2v) is 6.01. The molecule has 1 aromatic carbocycles. The first-order valence-corrected chi connectivity index (χ1v) is 7.30. The number of halogens is 2. The van der Waals surface area contributed by atoms with Gasteiger partial charge in [0.25, 0.3) is 5.56 Å². The van der Waals surface area contributed by atoms with Gasteiger partial charge >= 0.3 is 5.69 Å². The summed E-state index contributed by atoms with van der Waals surface area (Å²) in [6, 6.07) is 7.07. The molecular formula is C13H13ClIN3O2. The van der Waals surface area contributed by atoms with E-state index in [4.69, 9.17) is 11.6 Å². The van der Waals surface area contributed by atoms with E-state index in [1.807, 2.05) is 18.2 Å². The molecule has 1 N–H and O–H groups in total. The van der Waals surface area contributed by atoms with Crippen LogP contribution in [0.2, 0.25) is 5.02 Å². The number of anilines is 1. The predicted octanol–water partition coefficient (Wildman–Crippen LogP) is 1.95. The van der Waals surface area contributed by atoms with Gasteiger partial charge in [0.1, 0.15) is 0 Å². The summed E-state index contributed by atoms with van der Waals surface area (Å²) in [6.45, 7) is 0.349. The molecule has 0 aliphatic rings. The van der Waals surface area contributed by atoms with E-state index in [-0.39, 0.29) is 11.2 Å². The molecule has 2 rings (SSSR count). The van der Waals surface area contributed by atoms with E-state index in [0.29, 0.717) is 17.3 Å². The average molecular weight is 406 g/mol. The fourth-order valence-corrected chi connectivity index (χ4v) is 2.69. The highest BCUT2D eigenvalue weighted by atomic mass is 127. The first-order chi connectivity index (χ1) is 9.40. The zero-order chi connectivity index (χ0) is 14.9. The van der Waals surface area contributed by atoms with Crippen molar-refractivity contribution in [3.8, 4) is 0 Å². The van der Waals surface area contributed by atoms with Gasteiger partial charge in [0.05, 0.1) is 17.3 Å². The Balaban J connectivity index is 2.28. The molecule has 0 radical (unpaired) electrons. The molecule has 0 amide bonds. The van der Waals surface area contributed by atoms with E-state index in [2.05, 4.69) is 27.9 Å². The van der Waals surface area contributed by atoms with Crippen LogP contribution in [0.4, 0.5) is 5.69 Å². The molecule has 7 heteroatoms. The number of hydrogen-bond donors (Lipinski definition) is 1. The second-order valence-electron chi connectivity index (χ2n) is 4.35. The summed E-state index contributed by atoms with van der Waals surface area (Å²) in [5, 5.41) is 3.73. The van der Waals surface area contributed by atoms with Crippen LogP contribution in [0.1, 0.15) is 5.69 Å². The van der Waals surface area contributed by atoms with Crippen molar-refractivity contribution in [2.75, 3.05) is 5.32 Å². The van der Waals surface area contributed by atoms with Crippen molar-refractivity contribution < 1.29 is 0 Å². The summed E-state index contributed by atoms with van der Waals surface area (Å²) in [4.78, 5) is 23.4. The number of nitrogens with zero attached hydrogens (tertiary/aromatic N) is 2. The number of benzene rings is 1. The monoisotopic (exact) mass is 405 g/mol. The standard InChI is InChI=1S/C13H13ClIN3O2/c1-17-9(6-12(19)18(2)13(17)20)7-16-11-4-3-8(15)5-10(11)14/h3-6,16H,7H2,1-2H3. The van der Waals surface area contributed by atoms with Gasteiger partial charge in [-0.25, -0.2) is 4.79 Å². The molecule has 106 valence electrons. The number of nitrogens with one attached hydrogen (secondary N) is 1. The molecule has 2 aromatic rings. The van der Waals surface area contributed by atoms with Gasteiger partial charge in [0.15, 0.2) is 0 Å². The Bertz CT molecular complexity index is 767. The Labute approximate surface area is 134 Å². The molecule has 0 atom stereocenters. The topological polar surface area (TPSA) is 56.0 Å². The van der Waals surface area contributed by atoms with Gasteiger partial charge in [-0.2, -0.15) is 0 Å². The lowest BCUT2D eigenvalue weighted by Gasteiger charge is -2.12. The number of hydrogen-bond acceptors (Lipinski definition) is 3. The molecule has 1 aromatic heterocycles. The van der Waals surface area contributed by atoms with E-state index >= 15 is 0 Å². The maximum absolute atomic E-state index is 11.8. The van der Waals surface area contributed by atoms with Crippen molar-refractivity contribution >= 4 is 39.9 Å². The van der Waals surface area contributed by atoms with Crippen LogP contribution in [0.5, 0.6) is 0 Å². The first kappa shape index (κ1) is 15.1. The van der Waals surface area contributed by atoms with Gasteiger partial charge in [-0.15, -0.1) is 0 Å². The molecule has 0 aliphatic heterocycles. The van der Waals surface area contributed by atoms with E-state index in [1.54, 1.807) is 7.05 Å². The Morgan fingerprint density at radius 3 is 2.55 bits per heavy atom. The minimum absolute atomic E-state index is 0.321. The van der Waals surface area contributed by atoms with Gasteiger partial charge in [0.2, 0.25) is 0 Å². The fourth-order valence-electron chi connectivity index (χ4n) is 1.77. The second kappa shape index (κ2) is 6.01. The highest BCUT2D eigenvalue weighted by Crippen LogP contribution is 2.24. The van der Waals surface area contributed by atoms with Crippen LogP contribution < -0.4 is 16.6 Å². The van der Waals surface area contributed by atoms with E-state index < -0.39 is 0 Å². The quantitative estimate of drug-likeness (QED) is 0.794. The normalized spacial score (nSPS) is 10.6. The van der Waals surface area contributed by atoms with Crippen LogP contribution in [0.3, 0.4) is 0 Å². The zero-order valence-electron chi connectivity index (χ0n) is 11.0. The van der Waals surface area contributed by atoms with E-state index in [1.165, 1.54) is 17.7 Å². The Kier molecular flexibility index (Phi) is 4.54. The van der Waals surface area contributed by atoms with Gasteiger partial charge in [0, 0.05) is 29.4 Å². The molecule has 1 heterocycles. The summed E-state index contributed by atoms with van der Waals surface area (Å²) in [5.74, 6) is 0. The van der Waals surface area contributed by atoms with Crippen molar-refractivity contribution in [1.82, 2.24) is 9.13 Å². The van der Waals surface area contributed by atoms with Gasteiger partial charge in [-0.05, 0) is 40.8 Å². The largest absolute Gasteiger partial charge is 0.378 e. The molecule has 0 aliphatic carbocycles. The molecule has 0 fully saturated rings. The van der Waals surface area contributed by atoms with Crippen LogP contribution in [-0.2, 0) is 20.6 Å². The summed E-state index contributed by atoms with van der Waals surface area (Å²) in [6.07, 6.45) is 0. The van der Waals surface area contributed by atoms with Crippen molar-refractivity contribution in [1.29, 1.82) is 0 Å². The van der Waals surface area contributed by atoms with Crippen molar-refractivity contribution in [2.24, 2.45) is 14.1 Å². The molecule has 20 heavy (non-hydrogen) atoms. The zero-order valence-corrected chi connectivity index (χ0v) is 13.9. The Hall–Kier alpha value is -1.28. The van der Waals surface area contributed by atoms with Gasteiger partial charge < -0.3 is 5.32 Å². The highest BCUT2D eigenvalue weighted by molar-refractivity contribution is 14.1. The molecule has 0 saturated carbocycles. The smallest absolute Gasteiger partial charge is 0.330 e. The van der Waals surface area contributed by atoms with Gasteiger partial charge in [-0.1, -0.05) is 11.6 Å². The highest BCUT2D eigenvalue weighted by Gasteiger charge is 2.07. The maximum atomic E-state index is 11.8. The Morgan fingerprint density at radius 2 is 1.90 bits per heavy atom. The van der Waals surface area contributed by atoms with Crippen molar-refractivity contribution in [3.05, 3.63) is 59.4 Å². The summed E-state index contributed by atoms with van der Waals surface area (Å²) >= 11 is 8.30. The SMILES string of the molecule is Cn1c(CNc2ccc(I)cc2Cl)cc(=O)n(C)c1=O. The van der Waals surface area contributed by atoms with Crippen LogP contribution in [0, 0.1) is 3.57 Å². The molecule has 0 bridgehead atoms. The third-order valence-corrected chi connectivity index (χ3v) is 4.00. The van der Waals surface area contributed by atoms with Gasteiger partial charge in [-0.3, -0.25) is 13.9 Å². The maximum Gasteiger partial charge on any atom is 0.330 e. The molecule has 5 nitrogen and oxygen atoms in total. The average Bonchev–Trinajstić information content (AvgIpc) is 2.40. The molecule has 0 spiro atoms. The summed E-state index contributed by atoms with van der Waals surface area (Å²) in [5.41, 5.74) is 0.703. The third-order valence-electron chi connectivity index (χ3n) is 3.02. The lowest BCUT2D eigenvalue weighted by Crippen LogP contribution is -2.38. The van der Waals surface area contributed by atoms with E-state index in [9.17, 15) is 9.59 Å². The summed E-state index contributed by atoms with van der Waals surface area (Å²) in [7, 11) is 3.09. The minimum atomic E-state index is -0.344. The van der Waals surface area contributed by atoms with Crippen LogP contribution >= 0.6 is 34.2 Å². The van der Waals surface area contributed by atoms with Crippen LogP contribution in [0.25, 0.3) is 0 Å². The number of rotatable bonds is 3. The molecule has 0 saturated heterocycles. The summed E-state index contributed by atoms with van der Waals surface area (Å²) < 4.78 is 3.55. The molecular weight excluding hydrogens is 393 g/mol. The van der Waals surface area contributed by atoms with E-state index in [0.717, 1.165) is 13.8 Å². The van der Waals surface area contributed by atoms with Crippen molar-refractivity contribution in [3.63, 3.8) is 0 Å². The minimum Gasteiger partial charge on any atom is -0.378 e.